The number of carbonyl (C=O) groups is 1. The molecule has 1 N–H and O–H groups in total. The largest absolute Gasteiger partial charge is 0.349 e. The minimum Gasteiger partial charge on any atom is -0.349 e. The highest BCUT2D eigenvalue weighted by Gasteiger charge is 2.43. The first kappa shape index (κ1) is 9.32. The van der Waals surface area contributed by atoms with Gasteiger partial charge in [-0.25, -0.2) is 0 Å². The van der Waals surface area contributed by atoms with E-state index in [0.717, 1.165) is 19.3 Å². The molecule has 2 nitrogen and oxygen atoms in total. The van der Waals surface area contributed by atoms with Crippen molar-refractivity contribution in [1.29, 1.82) is 0 Å². The number of hydrogen-bond acceptors (Lipinski definition) is 1. The molecule has 0 unspecified atom stereocenters. The zero-order valence-electron chi connectivity index (χ0n) is 7.81. The summed E-state index contributed by atoms with van der Waals surface area (Å²) in [6, 6.07) is 0. The highest BCUT2D eigenvalue weighted by Crippen LogP contribution is 2.37. The fraction of sp³-hybridized carbons (Fsp3) is 0.900. The summed E-state index contributed by atoms with van der Waals surface area (Å²) in [5, 5.41) is 3.05. The van der Waals surface area contributed by atoms with Gasteiger partial charge in [0.25, 0.3) is 0 Å². The molecule has 0 heterocycles. The van der Waals surface area contributed by atoms with E-state index in [9.17, 15) is 4.79 Å². The molecule has 74 valence electrons. The monoisotopic (exact) mass is 201 g/mol. The number of nitrogens with one attached hydrogen (secondary N) is 1. The molecule has 2 fully saturated rings. The Hall–Kier alpha value is -0.240. The number of halogens is 1. The molecule has 0 radical (unpaired) electrons. The molecule has 2 aliphatic carbocycles. The number of alkyl halides is 1. The molecule has 0 aromatic rings. The minimum absolute atomic E-state index is 0.0115. The lowest BCUT2D eigenvalue weighted by atomic mass is 9.83. The third-order valence-electron chi connectivity index (χ3n) is 3.21. The van der Waals surface area contributed by atoms with Crippen LogP contribution in [-0.2, 0) is 4.79 Å². The van der Waals surface area contributed by atoms with Crippen molar-refractivity contribution in [2.24, 2.45) is 5.92 Å². The average Bonchev–Trinajstić information content (AvgIpc) is 2.78. The van der Waals surface area contributed by atoms with Gasteiger partial charge in [-0.2, -0.15) is 0 Å². The maximum Gasteiger partial charge on any atom is 0.220 e. The first-order chi connectivity index (χ1) is 6.24. The van der Waals surface area contributed by atoms with E-state index in [1.54, 1.807) is 0 Å². The molecule has 1 amide bonds. The van der Waals surface area contributed by atoms with Gasteiger partial charge in [-0.1, -0.05) is 6.42 Å². The van der Waals surface area contributed by atoms with E-state index < -0.39 is 0 Å². The maximum absolute atomic E-state index is 11.5. The molecule has 0 atom stereocenters. The molecule has 13 heavy (non-hydrogen) atoms. The molecule has 2 aliphatic rings. The third kappa shape index (κ3) is 2.16. The van der Waals surface area contributed by atoms with Crippen LogP contribution in [0.4, 0.5) is 0 Å². The number of carbonyl (C=O) groups excluding carboxylic acids is 1. The predicted molar refractivity (Wildman–Crippen MR) is 52.8 cm³/mol. The SMILES string of the molecule is O=C(CC1CCC1)NC1(CCl)CC1. The van der Waals surface area contributed by atoms with Gasteiger partial charge in [0.1, 0.15) is 0 Å². The van der Waals surface area contributed by atoms with Crippen LogP contribution in [0.5, 0.6) is 0 Å². The van der Waals surface area contributed by atoms with Crippen LogP contribution in [0.1, 0.15) is 38.5 Å². The number of hydrogen-bond donors (Lipinski definition) is 1. The highest BCUT2D eigenvalue weighted by atomic mass is 35.5. The Labute approximate surface area is 84.0 Å². The van der Waals surface area contributed by atoms with Gasteiger partial charge in [0, 0.05) is 12.3 Å². The molecular formula is C10H16ClNO. The van der Waals surface area contributed by atoms with E-state index in [1.165, 1.54) is 19.3 Å². The summed E-state index contributed by atoms with van der Waals surface area (Å²) >= 11 is 5.77. The molecule has 0 spiro atoms. The molecule has 3 heteroatoms. The highest BCUT2D eigenvalue weighted by molar-refractivity contribution is 6.19. The summed E-state index contributed by atoms with van der Waals surface area (Å²) in [6.45, 7) is 0. The van der Waals surface area contributed by atoms with Crippen molar-refractivity contribution in [1.82, 2.24) is 5.32 Å². The van der Waals surface area contributed by atoms with Crippen molar-refractivity contribution in [3.63, 3.8) is 0 Å². The Morgan fingerprint density at radius 3 is 2.54 bits per heavy atom. The molecular weight excluding hydrogens is 186 g/mol. The zero-order chi connectivity index (χ0) is 9.31. The summed E-state index contributed by atoms with van der Waals surface area (Å²) in [6.07, 6.45) is 6.62. The van der Waals surface area contributed by atoms with Crippen LogP contribution in [-0.4, -0.2) is 17.3 Å². The van der Waals surface area contributed by atoms with Gasteiger partial charge < -0.3 is 5.32 Å². The molecule has 0 bridgehead atoms. The van der Waals surface area contributed by atoms with Gasteiger partial charge in [-0.3, -0.25) is 4.79 Å². The molecule has 0 aromatic heterocycles. The lowest BCUT2D eigenvalue weighted by Gasteiger charge is -2.25. The quantitative estimate of drug-likeness (QED) is 0.694. The molecule has 0 saturated heterocycles. The topological polar surface area (TPSA) is 29.1 Å². The fourth-order valence-electron chi connectivity index (χ4n) is 1.75. The summed E-state index contributed by atoms with van der Waals surface area (Å²) in [4.78, 5) is 11.5. The van der Waals surface area contributed by atoms with Crippen LogP contribution in [0.15, 0.2) is 0 Å². The summed E-state index contributed by atoms with van der Waals surface area (Å²) < 4.78 is 0. The van der Waals surface area contributed by atoms with E-state index >= 15 is 0 Å². The van der Waals surface area contributed by atoms with Crippen LogP contribution < -0.4 is 5.32 Å². The Bertz CT molecular complexity index is 209. The van der Waals surface area contributed by atoms with Crippen molar-refractivity contribution in [2.45, 2.75) is 44.1 Å². The first-order valence-electron chi connectivity index (χ1n) is 5.11. The summed E-state index contributed by atoms with van der Waals surface area (Å²) in [7, 11) is 0. The Balaban J connectivity index is 1.71. The normalized spacial score (nSPS) is 25.0. The standard InChI is InChI=1S/C10H16ClNO/c11-7-10(4-5-10)12-9(13)6-8-2-1-3-8/h8H,1-7H2,(H,12,13). The van der Waals surface area contributed by atoms with E-state index in [4.69, 9.17) is 11.6 Å². The van der Waals surface area contributed by atoms with Crippen LogP contribution in [0.3, 0.4) is 0 Å². The van der Waals surface area contributed by atoms with Gasteiger partial charge in [0.15, 0.2) is 0 Å². The smallest absolute Gasteiger partial charge is 0.220 e. The Morgan fingerprint density at radius 2 is 2.15 bits per heavy atom. The zero-order valence-corrected chi connectivity index (χ0v) is 8.57. The second-order valence-corrected chi connectivity index (χ2v) is 4.73. The third-order valence-corrected chi connectivity index (χ3v) is 3.72. The Kier molecular flexibility index (Phi) is 2.50. The molecule has 2 rings (SSSR count). The number of amides is 1. The maximum atomic E-state index is 11.5. The van der Waals surface area contributed by atoms with Crippen molar-refractivity contribution in [2.75, 3.05) is 5.88 Å². The van der Waals surface area contributed by atoms with Crippen molar-refractivity contribution in [3.05, 3.63) is 0 Å². The molecule has 0 aromatic carbocycles. The lowest BCUT2D eigenvalue weighted by Crippen LogP contribution is -2.39. The predicted octanol–water partition coefficient (Wildman–Crippen LogP) is 2.06. The van der Waals surface area contributed by atoms with Gasteiger partial charge in [-0.15, -0.1) is 11.6 Å². The van der Waals surface area contributed by atoms with Gasteiger partial charge >= 0.3 is 0 Å². The van der Waals surface area contributed by atoms with Gasteiger partial charge in [0.2, 0.25) is 5.91 Å². The van der Waals surface area contributed by atoms with Crippen molar-refractivity contribution >= 4 is 17.5 Å². The van der Waals surface area contributed by atoms with Crippen LogP contribution in [0.25, 0.3) is 0 Å². The van der Waals surface area contributed by atoms with Crippen LogP contribution in [0, 0.1) is 5.92 Å². The van der Waals surface area contributed by atoms with Crippen LogP contribution in [0.2, 0.25) is 0 Å². The second-order valence-electron chi connectivity index (χ2n) is 4.46. The van der Waals surface area contributed by atoms with Crippen LogP contribution >= 0.6 is 11.6 Å². The summed E-state index contributed by atoms with van der Waals surface area (Å²) in [5.41, 5.74) is -0.0115. The van der Waals surface area contributed by atoms with E-state index in [2.05, 4.69) is 5.32 Å². The van der Waals surface area contributed by atoms with Gasteiger partial charge in [0.05, 0.1) is 5.54 Å². The lowest BCUT2D eigenvalue weighted by molar-refractivity contribution is -0.123. The minimum atomic E-state index is -0.0115. The fourth-order valence-corrected chi connectivity index (χ4v) is 2.08. The van der Waals surface area contributed by atoms with E-state index in [-0.39, 0.29) is 11.4 Å². The Morgan fingerprint density at radius 1 is 1.46 bits per heavy atom. The van der Waals surface area contributed by atoms with Crippen molar-refractivity contribution < 1.29 is 4.79 Å². The number of rotatable bonds is 4. The summed E-state index contributed by atoms with van der Waals surface area (Å²) in [5.74, 6) is 1.44. The van der Waals surface area contributed by atoms with Gasteiger partial charge in [-0.05, 0) is 31.6 Å². The molecule has 2 saturated carbocycles. The first-order valence-corrected chi connectivity index (χ1v) is 5.64. The van der Waals surface area contributed by atoms with E-state index in [0.29, 0.717) is 11.8 Å². The molecule has 0 aliphatic heterocycles. The van der Waals surface area contributed by atoms with E-state index in [1.807, 2.05) is 0 Å². The average molecular weight is 202 g/mol. The second kappa shape index (κ2) is 3.49. The van der Waals surface area contributed by atoms with Crippen molar-refractivity contribution in [3.8, 4) is 0 Å².